The highest BCUT2D eigenvalue weighted by Gasteiger charge is 2.50. The first kappa shape index (κ1) is 29.7. The maximum absolute atomic E-state index is 14.3. The van der Waals surface area contributed by atoms with Crippen molar-refractivity contribution >= 4 is 50.5 Å². The van der Waals surface area contributed by atoms with E-state index in [2.05, 4.69) is 0 Å². The Morgan fingerprint density at radius 3 is 2.27 bits per heavy atom. The number of benzene rings is 4. The van der Waals surface area contributed by atoms with Crippen LogP contribution in [0.4, 0.5) is 0 Å². The smallest absolute Gasteiger partial charge is 0.338 e. The number of aromatic nitrogens is 1. The Morgan fingerprint density at radius 1 is 0.933 bits per heavy atom. The predicted octanol–water partition coefficient (Wildman–Crippen LogP) is 5.70. The number of hydrogen-bond donors (Lipinski definition) is 1. The Bertz CT molecular complexity index is 2060. The zero-order valence-corrected chi connectivity index (χ0v) is 25.2. The number of fused-ring (bicyclic) bond motifs is 5. The monoisotopic (exact) mass is 609 g/mol. The lowest BCUT2D eigenvalue weighted by Gasteiger charge is -2.44. The van der Waals surface area contributed by atoms with E-state index in [0.717, 1.165) is 10.8 Å². The number of rotatable bonds is 7. The summed E-state index contributed by atoms with van der Waals surface area (Å²) in [4.78, 5) is 51.9. The van der Waals surface area contributed by atoms with E-state index in [1.54, 1.807) is 57.3 Å². The molecule has 0 spiro atoms. The molecule has 0 radical (unpaired) electrons. The van der Waals surface area contributed by atoms with Crippen LogP contribution < -0.4 is 14.9 Å². The van der Waals surface area contributed by atoms with Crippen molar-refractivity contribution in [2.45, 2.75) is 44.5 Å². The van der Waals surface area contributed by atoms with Crippen LogP contribution in [0, 0.1) is 0 Å². The normalized spacial score (nSPS) is 17.0. The molecule has 4 aromatic carbocycles. The Hall–Kier alpha value is -5.38. The van der Waals surface area contributed by atoms with E-state index < -0.39 is 48.6 Å². The molecule has 0 saturated carbocycles. The minimum atomic E-state index is -1.25. The average molecular weight is 610 g/mol. The van der Waals surface area contributed by atoms with Crippen molar-refractivity contribution in [1.29, 1.82) is 0 Å². The molecular formula is C35H31NO9. The highest BCUT2D eigenvalue weighted by Crippen LogP contribution is 2.49. The standard InChI is InChI=1S/C35H31NO9/c1-35(2)33(43-27(39)15-14-26(37)38)32(44-34(41)19-10-6-5-7-11-19)29-25(45-35)18-24(42-4)28-30(29)36(3)23-17-21-13-9-8-12-20(21)16-22(23)31(28)40/h5-13,16-18,32-33H,14-15H2,1-4H3,(H,37,38). The molecule has 6 rings (SSSR count). The van der Waals surface area contributed by atoms with Gasteiger partial charge in [-0.3, -0.25) is 14.4 Å². The maximum atomic E-state index is 14.3. The third-order valence-electron chi connectivity index (χ3n) is 8.18. The summed E-state index contributed by atoms with van der Waals surface area (Å²) in [6.45, 7) is 3.35. The minimum absolute atomic E-state index is 0.238. The molecule has 10 heteroatoms. The van der Waals surface area contributed by atoms with E-state index in [9.17, 15) is 19.2 Å². The van der Waals surface area contributed by atoms with Gasteiger partial charge in [-0.1, -0.05) is 42.5 Å². The molecule has 2 atom stereocenters. The molecule has 0 fully saturated rings. The Kier molecular flexibility index (Phi) is 7.44. The number of nitrogens with zero attached hydrogens (tertiary/aromatic N) is 1. The molecule has 1 N–H and O–H groups in total. The molecule has 5 aromatic rings. The van der Waals surface area contributed by atoms with Crippen LogP contribution in [0.1, 0.15) is 48.7 Å². The molecule has 1 aromatic heterocycles. The number of hydrogen-bond acceptors (Lipinski definition) is 8. The highest BCUT2D eigenvalue weighted by molar-refractivity contribution is 6.04. The van der Waals surface area contributed by atoms with Crippen LogP contribution in [-0.4, -0.2) is 46.4 Å². The summed E-state index contributed by atoms with van der Waals surface area (Å²) in [5, 5.41) is 11.6. The van der Waals surface area contributed by atoms with Crippen LogP contribution in [0.5, 0.6) is 11.5 Å². The summed E-state index contributed by atoms with van der Waals surface area (Å²) in [5.74, 6) is -2.09. The van der Waals surface area contributed by atoms with Crippen molar-refractivity contribution < 1.29 is 38.4 Å². The summed E-state index contributed by atoms with van der Waals surface area (Å²) in [5.41, 5.74) is 0.0391. The number of carbonyl (C=O) groups is 3. The molecule has 0 saturated heterocycles. The predicted molar refractivity (Wildman–Crippen MR) is 167 cm³/mol. The Balaban J connectivity index is 1.64. The van der Waals surface area contributed by atoms with Crippen LogP contribution in [0.3, 0.4) is 0 Å². The number of esters is 2. The first-order valence-electron chi connectivity index (χ1n) is 14.4. The fourth-order valence-corrected chi connectivity index (χ4v) is 6.02. The van der Waals surface area contributed by atoms with Crippen LogP contribution in [0.15, 0.2) is 77.6 Å². The van der Waals surface area contributed by atoms with Crippen molar-refractivity contribution in [2.24, 2.45) is 7.05 Å². The fourth-order valence-electron chi connectivity index (χ4n) is 6.02. The van der Waals surface area contributed by atoms with Gasteiger partial charge < -0.3 is 28.6 Å². The van der Waals surface area contributed by atoms with E-state index in [0.29, 0.717) is 22.0 Å². The molecular weight excluding hydrogens is 578 g/mol. The topological polar surface area (TPSA) is 130 Å². The zero-order chi connectivity index (χ0) is 32.0. The number of carboxylic acid groups (broad SMARTS) is 1. The largest absolute Gasteiger partial charge is 0.496 e. The van der Waals surface area contributed by atoms with E-state index in [4.69, 9.17) is 24.1 Å². The number of aliphatic carboxylic acids is 1. The van der Waals surface area contributed by atoms with Crippen LogP contribution >= 0.6 is 0 Å². The Labute approximate surface area is 257 Å². The molecule has 0 aliphatic carbocycles. The van der Waals surface area contributed by atoms with Crippen LogP contribution in [-0.2, 0) is 26.1 Å². The van der Waals surface area contributed by atoms with Gasteiger partial charge in [0.2, 0.25) is 5.43 Å². The second kappa shape index (κ2) is 11.3. The van der Waals surface area contributed by atoms with Gasteiger partial charge in [-0.25, -0.2) is 4.79 Å². The van der Waals surface area contributed by atoms with Gasteiger partial charge in [0, 0.05) is 18.5 Å². The van der Waals surface area contributed by atoms with E-state index in [1.165, 1.54) is 7.11 Å². The minimum Gasteiger partial charge on any atom is -0.496 e. The SMILES string of the molecule is COc1cc2c(c3c1c(=O)c1cc4ccccc4cc1n3C)C(OC(=O)c1ccccc1)C(OC(=O)CCC(=O)O)C(C)(C)O2. The lowest BCUT2D eigenvalue weighted by molar-refractivity contribution is -0.178. The van der Waals surface area contributed by atoms with E-state index >= 15 is 0 Å². The summed E-state index contributed by atoms with van der Waals surface area (Å²) in [7, 11) is 3.25. The van der Waals surface area contributed by atoms with Gasteiger partial charge in [0.1, 0.15) is 17.1 Å². The number of pyridine rings is 1. The number of carboxylic acids is 1. The van der Waals surface area contributed by atoms with Gasteiger partial charge >= 0.3 is 17.9 Å². The van der Waals surface area contributed by atoms with Gasteiger partial charge in [0.15, 0.2) is 12.2 Å². The number of aryl methyl sites for hydroxylation is 1. The molecule has 45 heavy (non-hydrogen) atoms. The summed E-state index contributed by atoms with van der Waals surface area (Å²) >= 11 is 0. The van der Waals surface area contributed by atoms with Gasteiger partial charge in [-0.15, -0.1) is 0 Å². The number of carbonyl (C=O) groups excluding carboxylic acids is 2. The maximum Gasteiger partial charge on any atom is 0.338 e. The van der Waals surface area contributed by atoms with E-state index in [-0.39, 0.29) is 27.9 Å². The molecule has 230 valence electrons. The molecule has 0 bridgehead atoms. The first-order chi connectivity index (χ1) is 21.5. The van der Waals surface area contributed by atoms with Crippen molar-refractivity contribution in [3.63, 3.8) is 0 Å². The van der Waals surface area contributed by atoms with Gasteiger partial charge in [-0.2, -0.15) is 0 Å². The quantitative estimate of drug-likeness (QED) is 0.182. The van der Waals surface area contributed by atoms with Crippen molar-refractivity contribution in [2.75, 3.05) is 7.11 Å². The zero-order valence-electron chi connectivity index (χ0n) is 25.2. The van der Waals surface area contributed by atoms with Gasteiger partial charge in [0.25, 0.3) is 0 Å². The third kappa shape index (κ3) is 5.22. The Morgan fingerprint density at radius 2 is 1.60 bits per heavy atom. The number of methoxy groups -OCH3 is 1. The summed E-state index contributed by atoms with van der Waals surface area (Å²) in [6, 6.07) is 21.4. The molecule has 0 amide bonds. The fraction of sp³-hybridized carbons (Fsp3) is 0.257. The van der Waals surface area contributed by atoms with E-state index in [1.807, 2.05) is 41.0 Å². The molecule has 1 aliphatic heterocycles. The van der Waals surface area contributed by atoms with Crippen LogP contribution in [0.2, 0.25) is 0 Å². The van der Waals surface area contributed by atoms with Crippen molar-refractivity contribution in [3.05, 3.63) is 94.1 Å². The first-order valence-corrected chi connectivity index (χ1v) is 14.4. The van der Waals surface area contributed by atoms with Gasteiger partial charge in [-0.05, 0) is 48.9 Å². The van der Waals surface area contributed by atoms with Crippen molar-refractivity contribution in [1.82, 2.24) is 4.57 Å². The molecule has 1 aliphatic rings. The summed E-state index contributed by atoms with van der Waals surface area (Å²) < 4.78 is 26.0. The lowest BCUT2D eigenvalue weighted by Crippen LogP contribution is -2.52. The highest BCUT2D eigenvalue weighted by atomic mass is 16.6. The third-order valence-corrected chi connectivity index (χ3v) is 8.18. The second-order valence-corrected chi connectivity index (χ2v) is 11.5. The number of ether oxygens (including phenoxy) is 4. The van der Waals surface area contributed by atoms with Crippen molar-refractivity contribution in [3.8, 4) is 11.5 Å². The van der Waals surface area contributed by atoms with Gasteiger partial charge in [0.05, 0.1) is 47.5 Å². The molecule has 2 unspecified atom stereocenters. The van der Waals surface area contributed by atoms with Crippen LogP contribution in [0.25, 0.3) is 32.6 Å². The molecule has 10 nitrogen and oxygen atoms in total. The second-order valence-electron chi connectivity index (χ2n) is 11.5. The molecule has 2 heterocycles. The summed E-state index contributed by atoms with van der Waals surface area (Å²) in [6.07, 6.45) is -3.29. The average Bonchev–Trinajstić information content (AvgIpc) is 3.02. The lowest BCUT2D eigenvalue weighted by atomic mass is 9.86.